The SMILES string of the molecule is COc1cc(NC(=O)c2cc(C)nc(Cl)c2)cc(OC)c1. The van der Waals surface area contributed by atoms with Gasteiger partial charge in [-0.15, -0.1) is 0 Å². The molecule has 1 N–H and O–H groups in total. The molecule has 0 fully saturated rings. The van der Waals surface area contributed by atoms with E-state index in [0.717, 1.165) is 0 Å². The van der Waals surface area contributed by atoms with Gasteiger partial charge >= 0.3 is 0 Å². The first-order valence-electron chi connectivity index (χ1n) is 6.20. The first-order valence-corrected chi connectivity index (χ1v) is 6.58. The van der Waals surface area contributed by atoms with Gasteiger partial charge in [0.25, 0.3) is 5.91 Å². The van der Waals surface area contributed by atoms with Crippen molar-refractivity contribution in [1.29, 1.82) is 0 Å². The maximum absolute atomic E-state index is 12.2. The summed E-state index contributed by atoms with van der Waals surface area (Å²) >= 11 is 5.86. The summed E-state index contributed by atoms with van der Waals surface area (Å²) in [5.41, 5.74) is 1.69. The fraction of sp³-hybridized carbons (Fsp3) is 0.200. The summed E-state index contributed by atoms with van der Waals surface area (Å²) in [4.78, 5) is 16.3. The monoisotopic (exact) mass is 306 g/mol. The second kappa shape index (κ2) is 6.45. The van der Waals surface area contributed by atoms with Crippen molar-refractivity contribution in [3.8, 4) is 11.5 Å². The van der Waals surface area contributed by atoms with Gasteiger partial charge in [-0.3, -0.25) is 4.79 Å². The van der Waals surface area contributed by atoms with E-state index in [1.54, 1.807) is 45.4 Å². The van der Waals surface area contributed by atoms with E-state index in [0.29, 0.717) is 28.4 Å². The minimum atomic E-state index is -0.280. The molecule has 6 heteroatoms. The summed E-state index contributed by atoms with van der Waals surface area (Å²) in [5, 5.41) is 3.06. The molecule has 0 unspecified atom stereocenters. The first-order chi connectivity index (χ1) is 10.0. The van der Waals surface area contributed by atoms with E-state index >= 15 is 0 Å². The molecule has 1 aromatic heterocycles. The number of rotatable bonds is 4. The molecular formula is C15H15ClN2O3. The Bertz CT molecular complexity index is 631. The van der Waals surface area contributed by atoms with E-state index in [4.69, 9.17) is 21.1 Å². The van der Waals surface area contributed by atoms with Gasteiger partial charge in [-0.05, 0) is 19.1 Å². The largest absolute Gasteiger partial charge is 0.497 e. The summed E-state index contributed by atoms with van der Waals surface area (Å²) < 4.78 is 10.3. The third-order valence-electron chi connectivity index (χ3n) is 2.79. The van der Waals surface area contributed by atoms with E-state index in [2.05, 4.69) is 10.3 Å². The van der Waals surface area contributed by atoms with Gasteiger partial charge in [-0.1, -0.05) is 11.6 Å². The standard InChI is InChI=1S/C15H15ClN2O3/c1-9-4-10(5-14(16)17-9)15(19)18-11-6-12(20-2)8-13(7-11)21-3/h4-8H,1-3H3,(H,18,19). The number of aryl methyl sites for hydroxylation is 1. The first kappa shape index (κ1) is 15.1. The molecule has 1 aromatic carbocycles. The normalized spacial score (nSPS) is 10.1. The van der Waals surface area contributed by atoms with Crippen molar-refractivity contribution in [2.75, 3.05) is 19.5 Å². The third-order valence-corrected chi connectivity index (χ3v) is 2.99. The quantitative estimate of drug-likeness (QED) is 0.880. The molecule has 1 heterocycles. The lowest BCUT2D eigenvalue weighted by Crippen LogP contribution is -2.12. The van der Waals surface area contributed by atoms with Crippen LogP contribution in [0.3, 0.4) is 0 Å². The average molecular weight is 307 g/mol. The van der Waals surface area contributed by atoms with Crippen LogP contribution in [-0.2, 0) is 0 Å². The number of benzene rings is 1. The van der Waals surface area contributed by atoms with Gasteiger partial charge in [0.15, 0.2) is 0 Å². The van der Waals surface area contributed by atoms with E-state index < -0.39 is 0 Å². The highest BCUT2D eigenvalue weighted by Crippen LogP contribution is 2.26. The smallest absolute Gasteiger partial charge is 0.255 e. The number of anilines is 1. The molecule has 0 aliphatic heterocycles. The number of ether oxygens (including phenoxy) is 2. The molecule has 0 atom stereocenters. The van der Waals surface area contributed by atoms with Gasteiger partial charge in [-0.2, -0.15) is 0 Å². The van der Waals surface area contributed by atoms with Gasteiger partial charge in [0.05, 0.1) is 14.2 Å². The van der Waals surface area contributed by atoms with Crippen molar-refractivity contribution >= 4 is 23.2 Å². The number of carbonyl (C=O) groups excluding carboxylic acids is 1. The zero-order valence-corrected chi connectivity index (χ0v) is 12.7. The highest BCUT2D eigenvalue weighted by molar-refractivity contribution is 6.29. The number of aromatic nitrogens is 1. The van der Waals surface area contributed by atoms with Crippen molar-refractivity contribution < 1.29 is 14.3 Å². The zero-order valence-electron chi connectivity index (χ0n) is 11.9. The van der Waals surface area contributed by atoms with Crippen LogP contribution >= 0.6 is 11.6 Å². The Kier molecular flexibility index (Phi) is 4.65. The summed E-state index contributed by atoms with van der Waals surface area (Å²) in [6.07, 6.45) is 0. The van der Waals surface area contributed by atoms with E-state index in [1.807, 2.05) is 0 Å². The Morgan fingerprint density at radius 1 is 1.10 bits per heavy atom. The number of amides is 1. The van der Waals surface area contributed by atoms with Crippen LogP contribution in [0.5, 0.6) is 11.5 Å². The van der Waals surface area contributed by atoms with Gasteiger partial charge in [-0.25, -0.2) is 4.98 Å². The summed E-state index contributed by atoms with van der Waals surface area (Å²) in [6, 6.07) is 8.31. The highest BCUT2D eigenvalue weighted by Gasteiger charge is 2.10. The molecule has 0 saturated heterocycles. The van der Waals surface area contributed by atoms with Gasteiger partial charge in [0.2, 0.25) is 0 Å². The Balaban J connectivity index is 2.26. The van der Waals surface area contributed by atoms with Crippen molar-refractivity contribution in [3.63, 3.8) is 0 Å². The van der Waals surface area contributed by atoms with E-state index in [-0.39, 0.29) is 11.1 Å². The van der Waals surface area contributed by atoms with E-state index in [1.165, 1.54) is 6.07 Å². The predicted molar refractivity (Wildman–Crippen MR) is 81.5 cm³/mol. The van der Waals surface area contributed by atoms with Crippen molar-refractivity contribution in [3.05, 3.63) is 46.7 Å². The van der Waals surface area contributed by atoms with Crippen LogP contribution in [0, 0.1) is 6.92 Å². The van der Waals surface area contributed by atoms with Crippen LogP contribution in [0.25, 0.3) is 0 Å². The zero-order chi connectivity index (χ0) is 15.4. The minimum absolute atomic E-state index is 0.280. The number of pyridine rings is 1. The number of hydrogen-bond acceptors (Lipinski definition) is 4. The molecule has 0 bridgehead atoms. The lowest BCUT2D eigenvalue weighted by atomic mass is 10.2. The molecule has 0 aliphatic rings. The van der Waals surface area contributed by atoms with Crippen molar-refractivity contribution in [1.82, 2.24) is 4.98 Å². The maximum Gasteiger partial charge on any atom is 0.255 e. The fourth-order valence-electron chi connectivity index (χ4n) is 1.84. The number of methoxy groups -OCH3 is 2. The molecule has 0 radical (unpaired) electrons. The van der Waals surface area contributed by atoms with Crippen molar-refractivity contribution in [2.45, 2.75) is 6.92 Å². The molecule has 0 spiro atoms. The lowest BCUT2D eigenvalue weighted by molar-refractivity contribution is 0.102. The Hall–Kier alpha value is -2.27. The van der Waals surface area contributed by atoms with Crippen LogP contribution in [-0.4, -0.2) is 25.1 Å². The third kappa shape index (κ3) is 3.86. The van der Waals surface area contributed by atoms with Crippen LogP contribution in [0.4, 0.5) is 5.69 Å². The topological polar surface area (TPSA) is 60.5 Å². The Morgan fingerprint density at radius 2 is 1.71 bits per heavy atom. The summed E-state index contributed by atoms with van der Waals surface area (Å²) in [7, 11) is 3.10. The van der Waals surface area contributed by atoms with Gasteiger partial charge in [0, 0.05) is 35.1 Å². The van der Waals surface area contributed by atoms with Gasteiger partial charge < -0.3 is 14.8 Å². The molecule has 1 amide bonds. The lowest BCUT2D eigenvalue weighted by Gasteiger charge is -2.10. The number of carbonyl (C=O) groups is 1. The van der Waals surface area contributed by atoms with Crippen LogP contribution < -0.4 is 14.8 Å². The number of halogens is 1. The predicted octanol–water partition coefficient (Wildman–Crippen LogP) is 3.31. The Morgan fingerprint density at radius 3 is 2.24 bits per heavy atom. The summed E-state index contributed by atoms with van der Waals surface area (Å²) in [5.74, 6) is 0.903. The minimum Gasteiger partial charge on any atom is -0.497 e. The summed E-state index contributed by atoms with van der Waals surface area (Å²) in [6.45, 7) is 1.78. The highest BCUT2D eigenvalue weighted by atomic mass is 35.5. The molecule has 110 valence electrons. The van der Waals surface area contributed by atoms with Crippen LogP contribution in [0.1, 0.15) is 16.1 Å². The molecule has 2 rings (SSSR count). The molecular weight excluding hydrogens is 292 g/mol. The number of hydrogen-bond donors (Lipinski definition) is 1. The van der Waals surface area contributed by atoms with Crippen molar-refractivity contribution in [2.24, 2.45) is 0 Å². The van der Waals surface area contributed by atoms with Crippen LogP contribution in [0.15, 0.2) is 30.3 Å². The molecule has 0 saturated carbocycles. The second-order valence-corrected chi connectivity index (χ2v) is 4.76. The van der Waals surface area contributed by atoms with Gasteiger partial charge in [0.1, 0.15) is 16.7 Å². The number of nitrogens with one attached hydrogen (secondary N) is 1. The number of nitrogens with zero attached hydrogens (tertiary/aromatic N) is 1. The maximum atomic E-state index is 12.2. The molecule has 21 heavy (non-hydrogen) atoms. The van der Waals surface area contributed by atoms with Crippen LogP contribution in [0.2, 0.25) is 5.15 Å². The molecule has 0 aliphatic carbocycles. The molecule has 5 nitrogen and oxygen atoms in total. The molecule has 2 aromatic rings. The Labute approximate surface area is 127 Å². The second-order valence-electron chi connectivity index (χ2n) is 4.38. The average Bonchev–Trinajstić information content (AvgIpc) is 2.45. The van der Waals surface area contributed by atoms with E-state index in [9.17, 15) is 4.79 Å². The fourth-order valence-corrected chi connectivity index (χ4v) is 2.09.